The predicted molar refractivity (Wildman–Crippen MR) is 127 cm³/mol. The van der Waals surface area contributed by atoms with E-state index >= 15 is 0 Å². The Labute approximate surface area is 194 Å². The summed E-state index contributed by atoms with van der Waals surface area (Å²) in [5.41, 5.74) is 4.80. The maximum absolute atomic E-state index is 12.9. The van der Waals surface area contributed by atoms with Gasteiger partial charge in [0.05, 0.1) is 12.3 Å². The fourth-order valence-corrected chi connectivity index (χ4v) is 4.61. The number of aryl methyl sites for hydroxylation is 3. The van der Waals surface area contributed by atoms with Crippen LogP contribution in [0.2, 0.25) is 0 Å². The van der Waals surface area contributed by atoms with Crippen molar-refractivity contribution in [3.05, 3.63) is 64.5 Å². The normalized spacial score (nSPS) is 10.6. The Morgan fingerprint density at radius 2 is 1.72 bits per heavy atom. The Kier molecular flexibility index (Phi) is 8.18. The van der Waals surface area contributed by atoms with Crippen LogP contribution in [0.5, 0.6) is 0 Å². The van der Waals surface area contributed by atoms with Gasteiger partial charge < -0.3 is 16.0 Å². The minimum atomic E-state index is -0.278. The number of thioether (sulfide) groups is 1. The maximum Gasteiger partial charge on any atom is 0.243 e. The maximum atomic E-state index is 12.9. The monoisotopic (exact) mass is 473 g/mol. The molecule has 7 nitrogen and oxygen atoms in total. The van der Waals surface area contributed by atoms with Crippen molar-refractivity contribution in [1.82, 2.24) is 15.5 Å². The molecule has 1 heterocycles. The second-order valence-corrected chi connectivity index (χ2v) is 9.44. The molecule has 168 valence electrons. The quantitative estimate of drug-likeness (QED) is 0.406. The van der Waals surface area contributed by atoms with Gasteiger partial charge in [0.1, 0.15) is 5.82 Å². The molecule has 0 aliphatic heterocycles. The highest BCUT2D eigenvalue weighted by Crippen LogP contribution is 2.25. The SMILES string of the molecule is Cc1cc(C)c(NC(=O)CNC(=O)CSc2nnc(NCc3ccc(F)cc3)s2)c(C)c1. The smallest absolute Gasteiger partial charge is 0.243 e. The lowest BCUT2D eigenvalue weighted by Gasteiger charge is -2.13. The van der Waals surface area contributed by atoms with Gasteiger partial charge in [-0.2, -0.15) is 0 Å². The second kappa shape index (κ2) is 11.1. The third kappa shape index (κ3) is 7.03. The number of hydrogen-bond donors (Lipinski definition) is 3. The van der Waals surface area contributed by atoms with E-state index < -0.39 is 0 Å². The van der Waals surface area contributed by atoms with Crippen LogP contribution in [0, 0.1) is 26.6 Å². The van der Waals surface area contributed by atoms with E-state index in [0.717, 1.165) is 27.9 Å². The average molecular weight is 474 g/mol. The Bertz CT molecular complexity index is 1080. The molecule has 10 heteroatoms. The molecule has 0 radical (unpaired) electrons. The summed E-state index contributed by atoms with van der Waals surface area (Å²) < 4.78 is 13.6. The molecule has 0 spiro atoms. The van der Waals surface area contributed by atoms with Crippen LogP contribution in [0.4, 0.5) is 15.2 Å². The van der Waals surface area contributed by atoms with E-state index in [9.17, 15) is 14.0 Å². The van der Waals surface area contributed by atoms with Crippen molar-refractivity contribution in [2.24, 2.45) is 0 Å². The topological polar surface area (TPSA) is 96.0 Å². The van der Waals surface area contributed by atoms with Crippen molar-refractivity contribution >= 4 is 45.7 Å². The van der Waals surface area contributed by atoms with Gasteiger partial charge in [-0.25, -0.2) is 4.39 Å². The molecule has 0 fully saturated rings. The number of halogens is 1. The van der Waals surface area contributed by atoms with Crippen LogP contribution in [-0.2, 0) is 16.1 Å². The molecule has 0 saturated carbocycles. The fourth-order valence-electron chi connectivity index (χ4n) is 3.04. The Morgan fingerprint density at radius 1 is 1.03 bits per heavy atom. The van der Waals surface area contributed by atoms with Crippen LogP contribution >= 0.6 is 23.1 Å². The van der Waals surface area contributed by atoms with Crippen LogP contribution in [0.15, 0.2) is 40.7 Å². The van der Waals surface area contributed by atoms with E-state index in [1.165, 1.54) is 35.2 Å². The van der Waals surface area contributed by atoms with Crippen LogP contribution < -0.4 is 16.0 Å². The Morgan fingerprint density at radius 3 is 2.41 bits per heavy atom. The summed E-state index contributed by atoms with van der Waals surface area (Å²) in [4.78, 5) is 24.3. The van der Waals surface area contributed by atoms with Gasteiger partial charge in [0.25, 0.3) is 0 Å². The predicted octanol–water partition coefficient (Wildman–Crippen LogP) is 4.06. The molecule has 0 saturated heterocycles. The summed E-state index contributed by atoms with van der Waals surface area (Å²) in [5, 5.41) is 17.3. The second-order valence-electron chi connectivity index (χ2n) is 7.24. The van der Waals surface area contributed by atoms with E-state index in [1.54, 1.807) is 12.1 Å². The summed E-state index contributed by atoms with van der Waals surface area (Å²) in [6.45, 7) is 6.28. The van der Waals surface area contributed by atoms with Crippen molar-refractivity contribution in [1.29, 1.82) is 0 Å². The fraction of sp³-hybridized carbons (Fsp3) is 0.273. The highest BCUT2D eigenvalue weighted by Gasteiger charge is 2.12. The number of hydrogen-bond acceptors (Lipinski definition) is 7. The summed E-state index contributed by atoms with van der Waals surface area (Å²) in [5.74, 6) is -0.692. The molecule has 2 aromatic carbocycles. The Balaban J connectivity index is 1.39. The zero-order valence-electron chi connectivity index (χ0n) is 18.0. The first-order valence-electron chi connectivity index (χ1n) is 9.89. The molecule has 0 aliphatic rings. The summed E-state index contributed by atoms with van der Waals surface area (Å²) in [7, 11) is 0. The van der Waals surface area contributed by atoms with Crippen molar-refractivity contribution < 1.29 is 14.0 Å². The Hall–Kier alpha value is -2.98. The van der Waals surface area contributed by atoms with Gasteiger partial charge in [-0.05, 0) is 49.6 Å². The van der Waals surface area contributed by atoms with Gasteiger partial charge in [-0.3, -0.25) is 9.59 Å². The lowest BCUT2D eigenvalue weighted by atomic mass is 10.1. The molecule has 0 aliphatic carbocycles. The van der Waals surface area contributed by atoms with E-state index in [-0.39, 0.29) is 29.9 Å². The van der Waals surface area contributed by atoms with E-state index in [2.05, 4.69) is 26.1 Å². The van der Waals surface area contributed by atoms with E-state index in [0.29, 0.717) is 16.0 Å². The van der Waals surface area contributed by atoms with Gasteiger partial charge in [-0.1, -0.05) is 52.9 Å². The molecule has 3 N–H and O–H groups in total. The van der Waals surface area contributed by atoms with Gasteiger partial charge >= 0.3 is 0 Å². The van der Waals surface area contributed by atoms with Crippen LogP contribution in [-0.4, -0.2) is 34.3 Å². The van der Waals surface area contributed by atoms with Gasteiger partial charge in [0, 0.05) is 12.2 Å². The van der Waals surface area contributed by atoms with Crippen molar-refractivity contribution in [3.63, 3.8) is 0 Å². The molecule has 3 aromatic rings. The van der Waals surface area contributed by atoms with Crippen LogP contribution in [0.1, 0.15) is 22.3 Å². The average Bonchev–Trinajstić information content (AvgIpc) is 3.21. The number of aromatic nitrogens is 2. The van der Waals surface area contributed by atoms with Crippen LogP contribution in [0.3, 0.4) is 0 Å². The molecule has 0 atom stereocenters. The van der Waals surface area contributed by atoms with Gasteiger partial charge in [0.15, 0.2) is 4.34 Å². The minimum absolute atomic E-state index is 0.104. The van der Waals surface area contributed by atoms with Crippen molar-refractivity contribution in [2.45, 2.75) is 31.7 Å². The van der Waals surface area contributed by atoms with E-state index in [1.807, 2.05) is 32.9 Å². The molecular formula is C22H24FN5O2S2. The van der Waals surface area contributed by atoms with Gasteiger partial charge in [0.2, 0.25) is 16.9 Å². The number of benzene rings is 2. The number of rotatable bonds is 9. The molecule has 0 bridgehead atoms. The van der Waals surface area contributed by atoms with Crippen molar-refractivity contribution in [2.75, 3.05) is 22.9 Å². The zero-order chi connectivity index (χ0) is 23.1. The first-order chi connectivity index (χ1) is 15.3. The molecular weight excluding hydrogens is 449 g/mol. The van der Waals surface area contributed by atoms with Gasteiger partial charge in [-0.15, -0.1) is 10.2 Å². The molecule has 3 rings (SSSR count). The largest absolute Gasteiger partial charge is 0.356 e. The molecule has 32 heavy (non-hydrogen) atoms. The van der Waals surface area contributed by atoms with E-state index in [4.69, 9.17) is 0 Å². The molecule has 0 unspecified atom stereocenters. The standard InChI is InChI=1S/C22H24FN5O2S2/c1-13-8-14(2)20(15(3)9-13)26-18(29)11-24-19(30)12-31-22-28-27-21(32-22)25-10-16-4-6-17(23)7-5-16/h4-9H,10-12H2,1-3H3,(H,24,30)(H,25,27)(H,26,29). The van der Waals surface area contributed by atoms with Crippen LogP contribution in [0.25, 0.3) is 0 Å². The molecule has 1 aromatic heterocycles. The number of amides is 2. The summed E-state index contributed by atoms with van der Waals surface area (Å²) in [6.07, 6.45) is 0. The number of nitrogens with zero attached hydrogens (tertiary/aromatic N) is 2. The summed E-state index contributed by atoms with van der Waals surface area (Å²) in [6, 6.07) is 10.2. The number of carbonyl (C=O) groups excluding carboxylic acids is 2. The first-order valence-corrected chi connectivity index (χ1v) is 11.7. The number of anilines is 2. The zero-order valence-corrected chi connectivity index (χ0v) is 19.6. The molecule has 2 amide bonds. The highest BCUT2D eigenvalue weighted by atomic mass is 32.2. The lowest BCUT2D eigenvalue weighted by Crippen LogP contribution is -2.34. The number of carbonyl (C=O) groups is 2. The first kappa shape index (κ1) is 23.7. The third-order valence-corrected chi connectivity index (χ3v) is 6.49. The number of nitrogens with one attached hydrogen (secondary N) is 3. The minimum Gasteiger partial charge on any atom is -0.356 e. The highest BCUT2D eigenvalue weighted by molar-refractivity contribution is 8.01. The van der Waals surface area contributed by atoms with Crippen molar-refractivity contribution in [3.8, 4) is 0 Å². The summed E-state index contributed by atoms with van der Waals surface area (Å²) >= 11 is 2.57. The lowest BCUT2D eigenvalue weighted by molar-refractivity contribution is -0.122. The third-order valence-electron chi connectivity index (χ3n) is 4.48.